The molecule has 126 valence electrons. The van der Waals surface area contributed by atoms with Crippen LogP contribution in [0.25, 0.3) is 0 Å². The Morgan fingerprint density at radius 2 is 1.91 bits per heavy atom. The Hall–Kier alpha value is -0.760. The lowest BCUT2D eigenvalue weighted by Gasteiger charge is -2.22. The smallest absolute Gasteiger partial charge is 0.330 e. The fourth-order valence-electron chi connectivity index (χ4n) is 2.57. The van der Waals surface area contributed by atoms with Crippen molar-refractivity contribution in [2.45, 2.75) is 30.5 Å². The summed E-state index contributed by atoms with van der Waals surface area (Å²) in [4.78, 5) is 1.90. The summed E-state index contributed by atoms with van der Waals surface area (Å²) in [5.74, 6) is -3.38. The van der Waals surface area contributed by atoms with Gasteiger partial charge in [-0.05, 0) is 42.6 Å². The Balaban J connectivity index is 0.00000242. The first-order valence-corrected chi connectivity index (χ1v) is 8.35. The number of nitrogens with zero attached hydrogens (tertiary/aromatic N) is 1. The van der Waals surface area contributed by atoms with Gasteiger partial charge in [-0.25, -0.2) is 8.42 Å². The van der Waals surface area contributed by atoms with Gasteiger partial charge in [0.2, 0.25) is 9.84 Å². The summed E-state index contributed by atoms with van der Waals surface area (Å²) >= 11 is 0. The van der Waals surface area contributed by atoms with Gasteiger partial charge in [0, 0.05) is 13.1 Å². The Labute approximate surface area is 136 Å². The van der Waals surface area contributed by atoms with Crippen molar-refractivity contribution >= 4 is 22.2 Å². The van der Waals surface area contributed by atoms with Crippen LogP contribution in [0.1, 0.15) is 18.9 Å². The molecule has 1 atom stereocenters. The first-order chi connectivity index (χ1) is 9.77. The molecule has 1 aliphatic rings. The molecule has 2 rings (SSSR count). The molecule has 0 bridgehead atoms. The fraction of sp³-hybridized carbons (Fsp3) is 0.571. The highest BCUT2D eigenvalue weighted by Crippen LogP contribution is 2.29. The Kier molecular flexibility index (Phi) is 6.32. The summed E-state index contributed by atoms with van der Waals surface area (Å²) in [5, 5.41) is 0. The van der Waals surface area contributed by atoms with Crippen molar-refractivity contribution in [3.63, 3.8) is 0 Å². The summed E-state index contributed by atoms with van der Waals surface area (Å²) < 4.78 is 47.6. The highest BCUT2D eigenvalue weighted by Gasteiger charge is 2.32. The van der Waals surface area contributed by atoms with Crippen LogP contribution in [0.2, 0.25) is 0 Å². The van der Waals surface area contributed by atoms with Gasteiger partial charge in [-0.15, -0.1) is 12.4 Å². The molecule has 2 N–H and O–H groups in total. The summed E-state index contributed by atoms with van der Waals surface area (Å²) in [6.45, 7) is 5.27. The minimum Gasteiger partial charge on any atom is -0.330 e. The summed E-state index contributed by atoms with van der Waals surface area (Å²) in [7, 11) is -4.51. The van der Waals surface area contributed by atoms with Gasteiger partial charge in [-0.2, -0.15) is 8.78 Å². The van der Waals surface area contributed by atoms with Gasteiger partial charge in [0.05, 0.1) is 4.90 Å². The predicted molar refractivity (Wildman–Crippen MR) is 83.9 cm³/mol. The quantitative estimate of drug-likeness (QED) is 0.881. The van der Waals surface area contributed by atoms with Crippen LogP contribution in [0.15, 0.2) is 29.2 Å². The maximum atomic E-state index is 12.4. The van der Waals surface area contributed by atoms with E-state index in [1.807, 2.05) is 0 Å². The molecule has 0 aromatic heterocycles. The number of rotatable bonds is 5. The van der Waals surface area contributed by atoms with Gasteiger partial charge < -0.3 is 5.73 Å². The van der Waals surface area contributed by atoms with E-state index in [0.29, 0.717) is 13.1 Å². The minimum atomic E-state index is -4.51. The van der Waals surface area contributed by atoms with E-state index in [1.54, 1.807) is 12.1 Å². The second-order valence-electron chi connectivity index (χ2n) is 5.93. The third kappa shape index (κ3) is 4.16. The molecule has 4 nitrogen and oxygen atoms in total. The standard InChI is InChI=1S/C14H20F2N2O2S.ClH/c1-14(9-17)6-7-18(10-14)8-11-2-4-12(5-3-11)21(19,20)13(15)16;/h2-5,13H,6-10,17H2,1H3;1H. The van der Waals surface area contributed by atoms with Crippen molar-refractivity contribution in [3.8, 4) is 0 Å². The summed E-state index contributed by atoms with van der Waals surface area (Å²) in [5.41, 5.74) is 6.79. The summed E-state index contributed by atoms with van der Waals surface area (Å²) in [6.07, 6.45) is 1.03. The maximum absolute atomic E-state index is 12.4. The van der Waals surface area contributed by atoms with Gasteiger partial charge in [-0.3, -0.25) is 4.90 Å². The second-order valence-corrected chi connectivity index (χ2v) is 7.84. The minimum absolute atomic E-state index is 0. The van der Waals surface area contributed by atoms with Gasteiger partial charge >= 0.3 is 5.76 Å². The van der Waals surface area contributed by atoms with Gasteiger partial charge in [0.1, 0.15) is 0 Å². The number of sulfone groups is 1. The lowest BCUT2D eigenvalue weighted by atomic mass is 9.90. The molecule has 0 amide bonds. The zero-order valence-corrected chi connectivity index (χ0v) is 14.0. The zero-order valence-electron chi connectivity index (χ0n) is 12.3. The lowest BCUT2D eigenvalue weighted by Crippen LogP contribution is -2.31. The molecular formula is C14H21ClF2N2O2S. The van der Waals surface area contributed by atoms with E-state index < -0.39 is 15.6 Å². The molecule has 1 fully saturated rings. The number of hydrogen-bond acceptors (Lipinski definition) is 4. The third-order valence-corrected chi connectivity index (χ3v) is 5.42. The molecule has 1 aliphatic heterocycles. The van der Waals surface area contributed by atoms with Gasteiger partial charge in [0.25, 0.3) is 0 Å². The van der Waals surface area contributed by atoms with E-state index in [4.69, 9.17) is 5.73 Å². The Morgan fingerprint density at radius 3 is 2.36 bits per heavy atom. The molecular weight excluding hydrogens is 334 g/mol. The van der Waals surface area contributed by atoms with Crippen LogP contribution < -0.4 is 5.73 Å². The van der Waals surface area contributed by atoms with Gasteiger partial charge in [0.15, 0.2) is 0 Å². The third-order valence-electron chi connectivity index (χ3n) is 4.02. The Morgan fingerprint density at radius 1 is 1.32 bits per heavy atom. The molecule has 1 aromatic rings. The first kappa shape index (κ1) is 19.3. The molecule has 1 unspecified atom stereocenters. The molecule has 8 heteroatoms. The normalized spacial score (nSPS) is 22.8. The molecule has 1 aromatic carbocycles. The molecule has 0 aliphatic carbocycles. The molecule has 0 radical (unpaired) electrons. The van der Waals surface area contributed by atoms with Crippen LogP contribution in [0.5, 0.6) is 0 Å². The molecule has 0 saturated carbocycles. The van der Waals surface area contributed by atoms with Crippen molar-refractivity contribution < 1.29 is 17.2 Å². The van der Waals surface area contributed by atoms with Crippen molar-refractivity contribution in [1.29, 1.82) is 0 Å². The van der Waals surface area contributed by atoms with Crippen molar-refractivity contribution in [1.82, 2.24) is 4.90 Å². The average Bonchev–Trinajstić information content (AvgIpc) is 2.81. The zero-order chi connectivity index (χ0) is 15.7. The average molecular weight is 355 g/mol. The van der Waals surface area contributed by atoms with E-state index in [9.17, 15) is 17.2 Å². The van der Waals surface area contributed by atoms with Crippen molar-refractivity contribution in [3.05, 3.63) is 29.8 Å². The van der Waals surface area contributed by atoms with Crippen LogP contribution in [-0.4, -0.2) is 38.7 Å². The monoisotopic (exact) mass is 354 g/mol. The lowest BCUT2D eigenvalue weighted by molar-refractivity contribution is 0.234. The SMILES string of the molecule is CC1(CN)CCN(Cc2ccc(S(=O)(=O)C(F)F)cc2)C1.Cl. The number of nitrogens with two attached hydrogens (primary N) is 1. The summed E-state index contributed by atoms with van der Waals surface area (Å²) in [6, 6.07) is 5.67. The van der Waals surface area contributed by atoms with E-state index in [-0.39, 0.29) is 22.7 Å². The number of benzene rings is 1. The largest absolute Gasteiger partial charge is 0.341 e. The molecule has 0 spiro atoms. The predicted octanol–water partition coefficient (Wildman–Crippen LogP) is 2.28. The van der Waals surface area contributed by atoms with Crippen LogP contribution in [-0.2, 0) is 16.4 Å². The van der Waals surface area contributed by atoms with E-state index in [2.05, 4.69) is 11.8 Å². The Bertz CT molecular complexity index is 595. The number of alkyl halides is 2. The van der Waals surface area contributed by atoms with Gasteiger partial charge in [-0.1, -0.05) is 19.1 Å². The second kappa shape index (κ2) is 7.21. The number of hydrogen-bond donors (Lipinski definition) is 1. The van der Waals surface area contributed by atoms with Crippen molar-refractivity contribution in [2.24, 2.45) is 11.1 Å². The van der Waals surface area contributed by atoms with Crippen LogP contribution in [0, 0.1) is 5.41 Å². The topological polar surface area (TPSA) is 63.4 Å². The van der Waals surface area contributed by atoms with E-state index in [1.165, 1.54) is 12.1 Å². The molecule has 1 saturated heterocycles. The maximum Gasteiger partial charge on any atom is 0.341 e. The molecule has 1 heterocycles. The highest BCUT2D eigenvalue weighted by atomic mass is 35.5. The van der Waals surface area contributed by atoms with Crippen molar-refractivity contribution in [2.75, 3.05) is 19.6 Å². The van der Waals surface area contributed by atoms with Crippen LogP contribution >= 0.6 is 12.4 Å². The van der Waals surface area contributed by atoms with Crippen LogP contribution in [0.4, 0.5) is 8.78 Å². The number of halogens is 3. The first-order valence-electron chi connectivity index (χ1n) is 6.80. The highest BCUT2D eigenvalue weighted by molar-refractivity contribution is 7.91. The molecule has 22 heavy (non-hydrogen) atoms. The van der Waals surface area contributed by atoms with Crippen LogP contribution in [0.3, 0.4) is 0 Å². The van der Waals surface area contributed by atoms with E-state index >= 15 is 0 Å². The van der Waals surface area contributed by atoms with E-state index in [0.717, 1.165) is 25.1 Å². The number of likely N-dealkylation sites (tertiary alicyclic amines) is 1. The fourth-order valence-corrected chi connectivity index (χ4v) is 3.29.